The molecule has 0 radical (unpaired) electrons. The van der Waals surface area contributed by atoms with Gasteiger partial charge in [-0.3, -0.25) is 9.78 Å². The molecule has 3 aliphatic heterocycles. The zero-order chi connectivity index (χ0) is 37.8. The van der Waals surface area contributed by atoms with Crippen molar-refractivity contribution >= 4 is 39.4 Å². The first-order valence-corrected chi connectivity index (χ1v) is 19.6. The fraction of sp³-hybridized carbons (Fsp3) is 0.341. The lowest BCUT2D eigenvalue weighted by Gasteiger charge is -2.31. The molecule has 13 heteroatoms. The molecule has 1 aromatic heterocycles. The van der Waals surface area contributed by atoms with Gasteiger partial charge in [0.05, 0.1) is 41.9 Å². The molecule has 0 aliphatic carbocycles. The van der Waals surface area contributed by atoms with Crippen LogP contribution in [0.4, 0.5) is 10.5 Å². The summed E-state index contributed by atoms with van der Waals surface area (Å²) in [6.07, 6.45) is 1.47. The Morgan fingerprint density at radius 2 is 1.81 bits per heavy atom. The van der Waals surface area contributed by atoms with Gasteiger partial charge in [0.2, 0.25) is 10.0 Å². The van der Waals surface area contributed by atoms with Crippen molar-refractivity contribution in [2.75, 3.05) is 31.6 Å². The van der Waals surface area contributed by atoms with E-state index in [2.05, 4.69) is 15.6 Å². The molecule has 2 fully saturated rings. The van der Waals surface area contributed by atoms with Crippen LogP contribution in [-0.4, -0.2) is 85.7 Å². The van der Waals surface area contributed by atoms with E-state index in [1.165, 1.54) is 16.4 Å². The lowest BCUT2D eigenvalue weighted by atomic mass is 10.0. The Morgan fingerprint density at radius 3 is 2.56 bits per heavy atom. The molecule has 4 heterocycles. The summed E-state index contributed by atoms with van der Waals surface area (Å²) in [5.74, 6) is -0.501. The second-order valence-electron chi connectivity index (χ2n) is 14.2. The Kier molecular flexibility index (Phi) is 11.2. The molecule has 0 unspecified atom stereocenters. The standard InChI is InChI=1S/C41H44N4O8S/c1-26(2)23-45(24-37(46)36(21-27-8-4-3-5-9-27)44-41(48)53-38-25-52-40-31(38)17-19-51-40)54(49,50)30-15-16-35-32(22-30)33(39(47)43-35)20-28-11-13-29(14-12-28)34-10-6-7-18-42-34/h3-16,18,20,22,26,31,36-38,40,46H,17,19,21,23-25H2,1-2H3,(H,43,47)(H,44,48)/b33-20-/t31-,36-,37+,38-,40+/m0/s1. The van der Waals surface area contributed by atoms with Crippen molar-refractivity contribution in [2.24, 2.45) is 11.8 Å². The predicted octanol–water partition coefficient (Wildman–Crippen LogP) is 5.35. The SMILES string of the molecule is CC(C)CN(C[C@@H](O)[C@H](Cc1ccccc1)NC(=O)O[C@H]1CO[C@H]2OCC[C@H]21)S(=O)(=O)c1ccc2c(c1)/C(=C/c1ccc(-c3ccccn3)cc1)C(=O)N2. The summed E-state index contributed by atoms with van der Waals surface area (Å²) in [6, 6.07) is 26.3. The number of fused-ring (bicyclic) bond motifs is 2. The van der Waals surface area contributed by atoms with E-state index in [1.807, 2.05) is 86.6 Å². The van der Waals surface area contributed by atoms with Gasteiger partial charge in [-0.2, -0.15) is 4.31 Å². The van der Waals surface area contributed by atoms with Gasteiger partial charge in [0.25, 0.3) is 5.91 Å². The number of aromatic nitrogens is 1. The number of ether oxygens (including phenoxy) is 3. The Morgan fingerprint density at radius 1 is 1.04 bits per heavy atom. The smallest absolute Gasteiger partial charge is 0.407 e. The molecule has 54 heavy (non-hydrogen) atoms. The Balaban J connectivity index is 1.12. The van der Waals surface area contributed by atoms with Crippen molar-refractivity contribution in [1.82, 2.24) is 14.6 Å². The number of nitrogens with zero attached hydrogens (tertiary/aromatic N) is 2. The van der Waals surface area contributed by atoms with Gasteiger partial charge in [0.15, 0.2) is 6.29 Å². The number of amides is 2. The fourth-order valence-electron chi connectivity index (χ4n) is 7.11. The summed E-state index contributed by atoms with van der Waals surface area (Å²) < 4.78 is 47.0. The van der Waals surface area contributed by atoms with Gasteiger partial charge in [-0.1, -0.05) is 74.5 Å². The Bertz CT molecular complexity index is 2090. The number of anilines is 1. The third kappa shape index (κ3) is 8.40. The molecule has 4 aromatic rings. The predicted molar refractivity (Wildman–Crippen MR) is 203 cm³/mol. The summed E-state index contributed by atoms with van der Waals surface area (Å²) in [6.45, 7) is 4.32. The second kappa shape index (κ2) is 16.2. The van der Waals surface area contributed by atoms with Crippen LogP contribution < -0.4 is 10.6 Å². The fourth-order valence-corrected chi connectivity index (χ4v) is 8.75. The molecule has 282 valence electrons. The zero-order valence-corrected chi connectivity index (χ0v) is 30.9. The highest BCUT2D eigenvalue weighted by Crippen LogP contribution is 2.36. The second-order valence-corrected chi connectivity index (χ2v) is 16.2. The molecular formula is C41H44N4O8S. The minimum atomic E-state index is -4.20. The summed E-state index contributed by atoms with van der Waals surface area (Å²) >= 11 is 0. The van der Waals surface area contributed by atoms with Crippen molar-refractivity contribution in [2.45, 2.75) is 56.1 Å². The van der Waals surface area contributed by atoms with E-state index in [-0.39, 0.29) is 48.8 Å². The largest absolute Gasteiger partial charge is 0.443 e. The molecular weight excluding hydrogens is 709 g/mol. The zero-order valence-electron chi connectivity index (χ0n) is 30.1. The van der Waals surface area contributed by atoms with Crippen LogP contribution in [0.15, 0.2) is 102 Å². The van der Waals surface area contributed by atoms with E-state index in [1.54, 1.807) is 18.3 Å². The number of rotatable bonds is 13. The van der Waals surface area contributed by atoms with Gasteiger partial charge < -0.3 is 30.0 Å². The van der Waals surface area contributed by atoms with Gasteiger partial charge in [0.1, 0.15) is 6.10 Å². The Hall–Kier alpha value is -4.92. The monoisotopic (exact) mass is 752 g/mol. The van der Waals surface area contributed by atoms with E-state index >= 15 is 0 Å². The van der Waals surface area contributed by atoms with Crippen molar-refractivity contribution in [1.29, 1.82) is 0 Å². The molecule has 0 saturated carbocycles. The highest BCUT2D eigenvalue weighted by atomic mass is 32.2. The molecule has 2 saturated heterocycles. The number of nitrogens with one attached hydrogen (secondary N) is 2. The van der Waals surface area contributed by atoms with E-state index < -0.39 is 40.7 Å². The van der Waals surface area contributed by atoms with Crippen LogP contribution in [-0.2, 0) is 35.4 Å². The number of hydrogen-bond acceptors (Lipinski definition) is 9. The van der Waals surface area contributed by atoms with E-state index in [9.17, 15) is 23.1 Å². The Labute approximate surface area is 315 Å². The number of aliphatic hydroxyl groups excluding tert-OH is 1. The van der Waals surface area contributed by atoms with Gasteiger partial charge >= 0.3 is 6.09 Å². The third-order valence-corrected chi connectivity index (χ3v) is 11.7. The van der Waals surface area contributed by atoms with E-state index in [0.717, 1.165) is 22.4 Å². The lowest BCUT2D eigenvalue weighted by Crippen LogP contribution is -2.51. The van der Waals surface area contributed by atoms with Crippen molar-refractivity contribution in [3.8, 4) is 11.3 Å². The molecule has 12 nitrogen and oxygen atoms in total. The highest BCUT2D eigenvalue weighted by Gasteiger charge is 2.44. The molecule has 3 aliphatic rings. The highest BCUT2D eigenvalue weighted by molar-refractivity contribution is 7.89. The molecule has 5 atom stereocenters. The first kappa shape index (κ1) is 37.4. The third-order valence-electron chi connectivity index (χ3n) is 9.86. The molecule has 3 aromatic carbocycles. The number of hydrogen-bond donors (Lipinski definition) is 3. The van der Waals surface area contributed by atoms with Crippen molar-refractivity contribution < 1.29 is 37.3 Å². The normalized spacial score (nSPS) is 21.2. The van der Waals surface area contributed by atoms with Crippen LogP contribution in [0, 0.1) is 11.8 Å². The maximum absolute atomic E-state index is 14.4. The summed E-state index contributed by atoms with van der Waals surface area (Å²) in [4.78, 5) is 30.7. The number of carbonyl (C=O) groups is 2. The number of alkyl carbamates (subject to hydrolysis) is 1. The number of carbonyl (C=O) groups excluding carboxylic acids is 2. The van der Waals surface area contributed by atoms with Gasteiger partial charge in [-0.15, -0.1) is 0 Å². The quantitative estimate of drug-likeness (QED) is 0.153. The summed E-state index contributed by atoms with van der Waals surface area (Å²) in [5, 5.41) is 17.4. The van der Waals surface area contributed by atoms with Crippen LogP contribution in [0.2, 0.25) is 0 Å². The van der Waals surface area contributed by atoms with Gasteiger partial charge in [-0.05, 0) is 66.3 Å². The number of benzene rings is 3. The molecule has 0 bridgehead atoms. The van der Waals surface area contributed by atoms with Crippen LogP contribution in [0.25, 0.3) is 22.9 Å². The number of pyridine rings is 1. The maximum Gasteiger partial charge on any atom is 0.407 e. The summed E-state index contributed by atoms with van der Waals surface area (Å²) in [7, 11) is -4.20. The average molecular weight is 753 g/mol. The number of sulfonamides is 1. The van der Waals surface area contributed by atoms with Crippen LogP contribution in [0.1, 0.15) is 37.0 Å². The molecule has 3 N–H and O–H groups in total. The summed E-state index contributed by atoms with van der Waals surface area (Å²) in [5.41, 5.74) is 4.64. The van der Waals surface area contributed by atoms with E-state index in [4.69, 9.17) is 14.2 Å². The molecule has 0 spiro atoms. The van der Waals surface area contributed by atoms with Crippen LogP contribution in [0.3, 0.4) is 0 Å². The van der Waals surface area contributed by atoms with Crippen LogP contribution in [0.5, 0.6) is 0 Å². The minimum absolute atomic E-state index is 0.0245. The maximum atomic E-state index is 14.4. The van der Waals surface area contributed by atoms with E-state index in [0.29, 0.717) is 29.9 Å². The minimum Gasteiger partial charge on any atom is -0.443 e. The molecule has 7 rings (SSSR count). The van der Waals surface area contributed by atoms with Crippen molar-refractivity contribution in [3.63, 3.8) is 0 Å². The van der Waals surface area contributed by atoms with Crippen molar-refractivity contribution in [3.05, 3.63) is 114 Å². The van der Waals surface area contributed by atoms with Crippen LogP contribution >= 0.6 is 0 Å². The lowest BCUT2D eigenvalue weighted by molar-refractivity contribution is -0.110. The molecule has 2 amide bonds. The van der Waals surface area contributed by atoms with Gasteiger partial charge in [0, 0.05) is 41.7 Å². The number of aliphatic hydroxyl groups is 1. The average Bonchev–Trinajstić information content (AvgIpc) is 3.87. The van der Waals surface area contributed by atoms with Gasteiger partial charge in [-0.25, -0.2) is 13.2 Å². The first-order chi connectivity index (χ1) is 26.0. The topological polar surface area (TPSA) is 156 Å². The first-order valence-electron chi connectivity index (χ1n) is 18.2.